The van der Waals surface area contributed by atoms with Gasteiger partial charge in [-0.1, -0.05) is 48.0 Å². The molecule has 0 unspecified atom stereocenters. The van der Waals surface area contributed by atoms with Crippen molar-refractivity contribution in [1.29, 1.82) is 0 Å². The van der Waals surface area contributed by atoms with Crippen LogP contribution >= 0.6 is 22.9 Å². The molecule has 2 heterocycles. The molecule has 0 amide bonds. The molecule has 0 radical (unpaired) electrons. The number of nitrogens with zero attached hydrogens (tertiary/aromatic N) is 3. The van der Waals surface area contributed by atoms with Gasteiger partial charge in [-0.2, -0.15) is 5.10 Å². The van der Waals surface area contributed by atoms with E-state index >= 15 is 0 Å². The largest absolute Gasteiger partial charge is 0.245 e. The average molecular weight is 365 g/mol. The molecule has 25 heavy (non-hydrogen) atoms. The molecule has 1 N–H and O–H groups in total. The predicted molar refractivity (Wildman–Crippen MR) is 106 cm³/mol. The lowest BCUT2D eigenvalue weighted by Gasteiger charge is -2.08. The lowest BCUT2D eigenvalue weighted by Crippen LogP contribution is -1.99. The van der Waals surface area contributed by atoms with E-state index in [1.165, 1.54) is 0 Å². The number of aromatic nitrogens is 2. The van der Waals surface area contributed by atoms with Gasteiger partial charge in [0.15, 0.2) is 0 Å². The highest BCUT2D eigenvalue weighted by atomic mass is 35.5. The first kappa shape index (κ1) is 15.7. The van der Waals surface area contributed by atoms with Crippen molar-refractivity contribution in [1.82, 2.24) is 9.97 Å². The highest BCUT2D eigenvalue weighted by Gasteiger charge is 2.09. The van der Waals surface area contributed by atoms with E-state index in [0.29, 0.717) is 11.0 Å². The zero-order valence-electron chi connectivity index (χ0n) is 13.1. The summed E-state index contributed by atoms with van der Waals surface area (Å²) in [6.07, 6.45) is 1.76. The van der Waals surface area contributed by atoms with Crippen molar-refractivity contribution in [2.45, 2.75) is 0 Å². The predicted octanol–water partition coefficient (Wildman–Crippen LogP) is 5.46. The molecule has 0 aliphatic heterocycles. The number of anilines is 1. The minimum absolute atomic E-state index is 0.455. The third kappa shape index (κ3) is 3.52. The number of hydrogen-bond donors (Lipinski definition) is 1. The normalized spacial score (nSPS) is 11.2. The second-order valence-electron chi connectivity index (χ2n) is 5.31. The smallest absolute Gasteiger partial charge is 0.244 e. The topological polar surface area (TPSA) is 50.2 Å². The highest BCUT2D eigenvalue weighted by molar-refractivity contribution is 7.11. The van der Waals surface area contributed by atoms with Gasteiger partial charge in [-0.25, -0.2) is 15.4 Å². The quantitative estimate of drug-likeness (QED) is 0.386. The van der Waals surface area contributed by atoms with Crippen molar-refractivity contribution < 1.29 is 0 Å². The van der Waals surface area contributed by atoms with Gasteiger partial charge >= 0.3 is 0 Å². The van der Waals surface area contributed by atoms with Crippen molar-refractivity contribution >= 4 is 46.0 Å². The Bertz CT molecular complexity index is 1030. The number of hydrogen-bond acceptors (Lipinski definition) is 5. The fourth-order valence-corrected chi connectivity index (χ4v) is 3.18. The van der Waals surface area contributed by atoms with Gasteiger partial charge in [-0.05, 0) is 29.6 Å². The summed E-state index contributed by atoms with van der Waals surface area (Å²) in [5.74, 6) is 0.455. The monoisotopic (exact) mass is 364 g/mol. The molecule has 2 aromatic carbocycles. The maximum atomic E-state index is 6.00. The number of benzene rings is 2. The van der Waals surface area contributed by atoms with Crippen LogP contribution in [0.4, 0.5) is 5.95 Å². The maximum Gasteiger partial charge on any atom is 0.244 e. The van der Waals surface area contributed by atoms with Crippen LogP contribution < -0.4 is 5.43 Å². The van der Waals surface area contributed by atoms with Crippen molar-refractivity contribution in [2.75, 3.05) is 5.43 Å². The summed E-state index contributed by atoms with van der Waals surface area (Å²) in [6, 6.07) is 19.5. The lowest BCUT2D eigenvalue weighted by molar-refractivity contribution is 1.16. The fourth-order valence-electron chi connectivity index (χ4n) is 2.47. The van der Waals surface area contributed by atoms with Crippen molar-refractivity contribution in [3.63, 3.8) is 0 Å². The van der Waals surface area contributed by atoms with Crippen LogP contribution in [0, 0.1) is 0 Å². The van der Waals surface area contributed by atoms with Crippen molar-refractivity contribution in [3.05, 3.63) is 75.9 Å². The summed E-state index contributed by atoms with van der Waals surface area (Å²) < 4.78 is 0. The molecule has 0 saturated heterocycles. The molecule has 2 aromatic heterocycles. The Morgan fingerprint density at radius 3 is 2.60 bits per heavy atom. The number of hydrazone groups is 1. The Kier molecular flexibility index (Phi) is 4.41. The van der Waals surface area contributed by atoms with E-state index in [1.54, 1.807) is 17.6 Å². The Morgan fingerprint density at radius 1 is 0.960 bits per heavy atom. The van der Waals surface area contributed by atoms with Gasteiger partial charge in [0.25, 0.3) is 0 Å². The molecule has 4 nitrogen and oxygen atoms in total. The third-order valence-corrected chi connectivity index (χ3v) is 4.68. The van der Waals surface area contributed by atoms with Crippen molar-refractivity contribution in [2.24, 2.45) is 5.10 Å². The third-order valence-electron chi connectivity index (χ3n) is 3.62. The molecule has 0 spiro atoms. The van der Waals surface area contributed by atoms with Gasteiger partial charge < -0.3 is 0 Å². The zero-order valence-corrected chi connectivity index (χ0v) is 14.6. The van der Waals surface area contributed by atoms with Gasteiger partial charge in [-0.3, -0.25) is 0 Å². The van der Waals surface area contributed by atoms with Gasteiger partial charge in [0.05, 0.1) is 17.4 Å². The van der Waals surface area contributed by atoms with E-state index in [4.69, 9.17) is 11.6 Å². The van der Waals surface area contributed by atoms with Gasteiger partial charge in [-0.15, -0.1) is 11.3 Å². The number of para-hydroxylation sites is 1. The Morgan fingerprint density at radius 2 is 1.80 bits per heavy atom. The van der Waals surface area contributed by atoms with Crippen LogP contribution in [-0.4, -0.2) is 16.2 Å². The Labute approximate surface area is 153 Å². The fraction of sp³-hybridized carbons (Fsp3) is 0. The van der Waals surface area contributed by atoms with E-state index in [-0.39, 0.29) is 0 Å². The minimum atomic E-state index is 0.455. The molecule has 0 saturated carbocycles. The molecular weight excluding hydrogens is 352 g/mol. The average Bonchev–Trinajstić information content (AvgIpc) is 3.15. The molecule has 0 aliphatic rings. The second-order valence-corrected chi connectivity index (χ2v) is 6.72. The number of thiophene rings is 1. The standard InChI is InChI=1S/C19H13ClN4S/c20-14-9-7-13(8-10-14)18-16-5-1-2-6-17(16)22-19(23-18)24-21-12-15-4-3-11-25-15/h1-12H,(H,22,23,24)/b21-12+. The SMILES string of the molecule is Clc1ccc(-c2nc(N/N=C/c3cccs3)nc3ccccc23)cc1. The van der Waals surface area contributed by atoms with Crippen LogP contribution in [0.15, 0.2) is 71.1 Å². The zero-order chi connectivity index (χ0) is 17.1. The van der Waals surface area contributed by atoms with Crippen LogP contribution in [0.1, 0.15) is 4.88 Å². The summed E-state index contributed by atoms with van der Waals surface area (Å²) in [6.45, 7) is 0. The lowest BCUT2D eigenvalue weighted by atomic mass is 10.1. The summed E-state index contributed by atoms with van der Waals surface area (Å²) in [7, 11) is 0. The number of nitrogens with one attached hydrogen (secondary N) is 1. The van der Waals surface area contributed by atoms with Crippen LogP contribution in [0.5, 0.6) is 0 Å². The van der Waals surface area contributed by atoms with E-state index in [0.717, 1.165) is 27.0 Å². The minimum Gasteiger partial charge on any atom is -0.245 e. The second kappa shape index (κ2) is 7.01. The van der Waals surface area contributed by atoms with E-state index in [2.05, 4.69) is 20.5 Å². The summed E-state index contributed by atoms with van der Waals surface area (Å²) in [5.41, 5.74) is 5.61. The first-order valence-corrected chi connectivity index (χ1v) is 8.91. The molecule has 0 atom stereocenters. The van der Waals surface area contributed by atoms with E-state index < -0.39 is 0 Å². The van der Waals surface area contributed by atoms with Crippen LogP contribution in [-0.2, 0) is 0 Å². The molecule has 4 aromatic rings. The summed E-state index contributed by atoms with van der Waals surface area (Å²) in [4.78, 5) is 10.2. The summed E-state index contributed by atoms with van der Waals surface area (Å²) in [5, 5.41) is 7.91. The molecule has 122 valence electrons. The van der Waals surface area contributed by atoms with Gasteiger partial charge in [0.1, 0.15) is 0 Å². The molecule has 0 bridgehead atoms. The number of rotatable bonds is 4. The first-order chi connectivity index (χ1) is 12.3. The molecule has 0 aliphatic carbocycles. The van der Waals surface area contributed by atoms with Crippen LogP contribution in [0.2, 0.25) is 5.02 Å². The molecule has 0 fully saturated rings. The molecule has 4 rings (SSSR count). The number of fused-ring (bicyclic) bond motifs is 1. The van der Waals surface area contributed by atoms with E-state index in [1.807, 2.05) is 66.0 Å². The van der Waals surface area contributed by atoms with E-state index in [9.17, 15) is 0 Å². The van der Waals surface area contributed by atoms with Gasteiger partial charge in [0, 0.05) is 20.8 Å². The first-order valence-electron chi connectivity index (χ1n) is 7.65. The van der Waals surface area contributed by atoms with Gasteiger partial charge in [0.2, 0.25) is 5.95 Å². The molecule has 6 heteroatoms. The number of halogens is 1. The maximum absolute atomic E-state index is 6.00. The Hall–Kier alpha value is -2.76. The summed E-state index contributed by atoms with van der Waals surface area (Å²) >= 11 is 7.62. The highest BCUT2D eigenvalue weighted by Crippen LogP contribution is 2.28. The van der Waals surface area contributed by atoms with Crippen molar-refractivity contribution in [3.8, 4) is 11.3 Å². The molecular formula is C19H13ClN4S. The Balaban J connectivity index is 1.74. The van der Waals surface area contributed by atoms with Crippen LogP contribution in [0.25, 0.3) is 22.2 Å². The van der Waals surface area contributed by atoms with Crippen LogP contribution in [0.3, 0.4) is 0 Å².